The Morgan fingerprint density at radius 1 is 1.25 bits per heavy atom. The maximum atomic E-state index is 11.5. The Morgan fingerprint density at radius 2 is 1.92 bits per heavy atom. The predicted molar refractivity (Wildman–Crippen MR) is 43.9 cm³/mol. The van der Waals surface area contributed by atoms with E-state index in [2.05, 4.69) is 5.92 Å². The number of aliphatic hydroxyl groups is 1. The van der Waals surface area contributed by atoms with Crippen LogP contribution < -0.4 is 0 Å². The van der Waals surface area contributed by atoms with Gasteiger partial charge in [-0.25, -0.2) is 0 Å². The maximum Gasteiger partial charge on any atom is 0.298 e. The smallest absolute Gasteiger partial charge is 0.298 e. The summed E-state index contributed by atoms with van der Waals surface area (Å²) < 4.78 is 23.0. The number of unbranched alkanes of at least 4 members (excludes halogenated alkanes) is 2. The molecule has 0 bridgehead atoms. The van der Waals surface area contributed by atoms with Crippen molar-refractivity contribution in [3.05, 3.63) is 0 Å². The van der Waals surface area contributed by atoms with E-state index in [1.165, 1.54) is 0 Å². The van der Waals surface area contributed by atoms with Crippen LogP contribution in [-0.2, 0) is 0 Å². The Morgan fingerprint density at radius 3 is 2.42 bits per heavy atom. The molecule has 1 N–H and O–H groups in total. The zero-order valence-corrected chi connectivity index (χ0v) is 7.19. The van der Waals surface area contributed by atoms with E-state index < -0.39 is 12.5 Å². The summed E-state index contributed by atoms with van der Waals surface area (Å²) >= 11 is 0. The van der Waals surface area contributed by atoms with Gasteiger partial charge in [0.05, 0.1) is 0 Å². The van der Waals surface area contributed by atoms with Gasteiger partial charge in [-0.1, -0.05) is 25.7 Å². The lowest BCUT2D eigenvalue weighted by molar-refractivity contribution is 0.205. The molecule has 0 aliphatic carbocycles. The Balaban J connectivity index is 3.47. The minimum absolute atomic E-state index is 0.494. The molecule has 0 amide bonds. The number of rotatable bonds is 4. The molecule has 0 spiro atoms. The summed E-state index contributed by atoms with van der Waals surface area (Å²) in [5, 5.41) is 9.02. The molecule has 0 saturated heterocycles. The number of halogens is 2. The van der Waals surface area contributed by atoms with Crippen LogP contribution in [0.2, 0.25) is 0 Å². The van der Waals surface area contributed by atoms with Crippen LogP contribution in [0.15, 0.2) is 0 Å². The molecule has 0 fully saturated rings. The van der Waals surface area contributed by atoms with Gasteiger partial charge in [-0.15, -0.1) is 0 Å². The molecular weight excluding hydrogens is 162 g/mol. The lowest BCUT2D eigenvalue weighted by atomic mass is 10.1. The van der Waals surface area contributed by atoms with Crippen molar-refractivity contribution in [3.63, 3.8) is 0 Å². The average molecular weight is 176 g/mol. The van der Waals surface area contributed by atoms with E-state index in [9.17, 15) is 8.78 Å². The second-order valence-corrected chi connectivity index (χ2v) is 2.60. The molecule has 0 aromatic heterocycles. The van der Waals surface area contributed by atoms with Gasteiger partial charge in [0.25, 0.3) is 6.43 Å². The zero-order valence-electron chi connectivity index (χ0n) is 7.19. The van der Waals surface area contributed by atoms with Crippen molar-refractivity contribution in [1.29, 1.82) is 0 Å². The molecule has 0 radical (unpaired) electrons. The van der Waals surface area contributed by atoms with Crippen molar-refractivity contribution < 1.29 is 13.9 Å². The molecule has 3 heteroatoms. The van der Waals surface area contributed by atoms with Gasteiger partial charge in [0, 0.05) is 0 Å². The van der Waals surface area contributed by atoms with E-state index in [-0.39, 0.29) is 0 Å². The van der Waals surface area contributed by atoms with Crippen LogP contribution in [0.4, 0.5) is 8.78 Å². The molecule has 0 aliphatic heterocycles. The van der Waals surface area contributed by atoms with Gasteiger partial charge >= 0.3 is 0 Å². The first kappa shape index (κ1) is 11.4. The Hall–Kier alpha value is -0.620. The molecule has 0 aromatic carbocycles. The molecule has 1 nitrogen and oxygen atoms in total. The summed E-state index contributed by atoms with van der Waals surface area (Å²) in [7, 11) is 0. The summed E-state index contributed by atoms with van der Waals surface area (Å²) in [4.78, 5) is 0. The van der Waals surface area contributed by atoms with Crippen LogP contribution in [0.25, 0.3) is 0 Å². The van der Waals surface area contributed by atoms with Gasteiger partial charge in [-0.3, -0.25) is 0 Å². The lowest BCUT2D eigenvalue weighted by Crippen LogP contribution is -2.02. The standard InChI is InChI=1S/C9H14F2O/c1-2-3-4-5-8(12)6-7-9(10)11/h8-9,12H,2-5H2,1H3/t8-/m0/s1. The van der Waals surface area contributed by atoms with Gasteiger partial charge in [-0.2, -0.15) is 8.78 Å². The molecule has 0 rings (SSSR count). The van der Waals surface area contributed by atoms with E-state index in [4.69, 9.17) is 5.11 Å². The quantitative estimate of drug-likeness (QED) is 0.514. The predicted octanol–water partition coefficient (Wildman–Crippen LogP) is 2.20. The van der Waals surface area contributed by atoms with Crippen molar-refractivity contribution >= 4 is 0 Å². The van der Waals surface area contributed by atoms with Gasteiger partial charge in [0.15, 0.2) is 0 Å². The molecular formula is C9H14F2O. The SMILES string of the molecule is CCCCC[C@H](O)C#CC(F)F. The summed E-state index contributed by atoms with van der Waals surface area (Å²) in [6, 6.07) is 0. The van der Waals surface area contributed by atoms with Crippen molar-refractivity contribution in [2.45, 2.75) is 45.1 Å². The minimum Gasteiger partial charge on any atom is -0.380 e. The molecule has 0 unspecified atom stereocenters. The maximum absolute atomic E-state index is 11.5. The number of alkyl halides is 2. The fourth-order valence-electron chi connectivity index (χ4n) is 0.819. The van der Waals surface area contributed by atoms with Crippen molar-refractivity contribution in [1.82, 2.24) is 0 Å². The second kappa shape index (κ2) is 7.05. The van der Waals surface area contributed by atoms with E-state index in [0.717, 1.165) is 19.3 Å². The van der Waals surface area contributed by atoms with Crippen molar-refractivity contribution in [2.24, 2.45) is 0 Å². The topological polar surface area (TPSA) is 20.2 Å². The first-order valence-corrected chi connectivity index (χ1v) is 4.14. The summed E-state index contributed by atoms with van der Waals surface area (Å²) in [6.45, 7) is 2.04. The Bertz CT molecular complexity index is 158. The highest BCUT2D eigenvalue weighted by molar-refractivity contribution is 5.06. The van der Waals surface area contributed by atoms with E-state index in [1.54, 1.807) is 5.92 Å². The average Bonchev–Trinajstić information content (AvgIpc) is 2.01. The zero-order chi connectivity index (χ0) is 9.40. The summed E-state index contributed by atoms with van der Waals surface area (Å²) in [5.74, 6) is 3.74. The molecule has 0 aromatic rings. The summed E-state index contributed by atoms with van der Waals surface area (Å²) in [6.07, 6.45) is -0.123. The first-order chi connectivity index (χ1) is 5.66. The molecule has 0 aliphatic rings. The Labute approximate surface area is 71.8 Å². The van der Waals surface area contributed by atoms with E-state index in [0.29, 0.717) is 6.42 Å². The molecule has 0 heterocycles. The van der Waals surface area contributed by atoms with Crippen molar-refractivity contribution in [2.75, 3.05) is 0 Å². The third-order valence-corrected chi connectivity index (χ3v) is 1.44. The Kier molecular flexibility index (Phi) is 6.69. The first-order valence-electron chi connectivity index (χ1n) is 4.14. The van der Waals surface area contributed by atoms with Gasteiger partial charge in [-0.05, 0) is 18.8 Å². The second-order valence-electron chi connectivity index (χ2n) is 2.60. The van der Waals surface area contributed by atoms with Gasteiger partial charge in [0.2, 0.25) is 0 Å². The molecule has 1 atom stereocenters. The van der Waals surface area contributed by atoms with Crippen LogP contribution in [0.3, 0.4) is 0 Å². The normalized spacial score (nSPS) is 12.4. The van der Waals surface area contributed by atoms with Crippen molar-refractivity contribution in [3.8, 4) is 11.8 Å². The van der Waals surface area contributed by atoms with Crippen LogP contribution >= 0.6 is 0 Å². The van der Waals surface area contributed by atoms with Crippen LogP contribution in [0.5, 0.6) is 0 Å². The number of hydrogen-bond donors (Lipinski definition) is 1. The third kappa shape index (κ3) is 7.49. The molecule has 0 saturated carbocycles. The number of aliphatic hydroxyl groups excluding tert-OH is 1. The summed E-state index contributed by atoms with van der Waals surface area (Å²) in [5.41, 5.74) is 0. The minimum atomic E-state index is -2.63. The van der Waals surface area contributed by atoms with Gasteiger partial charge in [0.1, 0.15) is 6.10 Å². The highest BCUT2D eigenvalue weighted by Crippen LogP contribution is 2.02. The molecule has 70 valence electrons. The third-order valence-electron chi connectivity index (χ3n) is 1.44. The van der Waals surface area contributed by atoms with E-state index >= 15 is 0 Å². The van der Waals surface area contributed by atoms with E-state index in [1.807, 2.05) is 6.92 Å². The highest BCUT2D eigenvalue weighted by Gasteiger charge is 1.99. The fourth-order valence-corrected chi connectivity index (χ4v) is 0.819. The lowest BCUT2D eigenvalue weighted by Gasteiger charge is -2.00. The highest BCUT2D eigenvalue weighted by atomic mass is 19.3. The number of hydrogen-bond acceptors (Lipinski definition) is 1. The monoisotopic (exact) mass is 176 g/mol. The largest absolute Gasteiger partial charge is 0.380 e. The van der Waals surface area contributed by atoms with Crippen LogP contribution in [-0.4, -0.2) is 17.6 Å². The van der Waals surface area contributed by atoms with Crippen LogP contribution in [0, 0.1) is 11.8 Å². The van der Waals surface area contributed by atoms with Crippen LogP contribution in [0.1, 0.15) is 32.6 Å². The molecule has 12 heavy (non-hydrogen) atoms. The van der Waals surface area contributed by atoms with Gasteiger partial charge < -0.3 is 5.11 Å². The fraction of sp³-hybridized carbons (Fsp3) is 0.778.